The Balaban J connectivity index is 2.05. The van der Waals surface area contributed by atoms with E-state index in [1.807, 2.05) is 24.4 Å². The number of fused-ring (bicyclic) bond motifs is 4. The fourth-order valence-corrected chi connectivity index (χ4v) is 2.17. The molecule has 0 aliphatic carbocycles. The molecule has 1 aromatic carbocycles. The number of H-pyrrole nitrogens is 1. The van der Waals surface area contributed by atoms with E-state index in [1.165, 1.54) is 0 Å². The molecule has 0 saturated carbocycles. The zero-order valence-corrected chi connectivity index (χ0v) is 8.49. The lowest BCUT2D eigenvalue weighted by Crippen LogP contribution is -2.03. The van der Waals surface area contributed by atoms with Crippen LogP contribution in [0.3, 0.4) is 0 Å². The van der Waals surface area contributed by atoms with Gasteiger partial charge in [0.1, 0.15) is 6.61 Å². The highest BCUT2D eigenvalue weighted by molar-refractivity contribution is 5.90. The van der Waals surface area contributed by atoms with Gasteiger partial charge in [0.25, 0.3) is 0 Å². The van der Waals surface area contributed by atoms with Crippen molar-refractivity contribution in [2.75, 3.05) is 6.61 Å². The van der Waals surface area contributed by atoms with Crippen LogP contribution >= 0.6 is 0 Å². The summed E-state index contributed by atoms with van der Waals surface area (Å²) in [5, 5.41) is 1.16. The zero-order valence-electron chi connectivity index (χ0n) is 8.49. The first-order valence-corrected chi connectivity index (χ1v) is 5.25. The van der Waals surface area contributed by atoms with Crippen molar-refractivity contribution >= 4 is 17.0 Å². The fourth-order valence-electron chi connectivity index (χ4n) is 2.17. The van der Waals surface area contributed by atoms with Crippen LogP contribution in [-0.4, -0.2) is 11.6 Å². The predicted octanol–water partition coefficient (Wildman–Crippen LogP) is 2.82. The third-order valence-electron chi connectivity index (χ3n) is 2.96. The van der Waals surface area contributed by atoms with Crippen molar-refractivity contribution in [3.63, 3.8) is 0 Å². The molecule has 3 heteroatoms. The van der Waals surface area contributed by atoms with Crippen LogP contribution in [0.4, 0.5) is 0 Å². The molecule has 0 amide bonds. The Morgan fingerprint density at radius 2 is 2.12 bits per heavy atom. The number of aromatic amines is 1. The van der Waals surface area contributed by atoms with Gasteiger partial charge in [-0.2, -0.15) is 0 Å². The molecule has 0 radical (unpaired) electrons. The first kappa shape index (κ1) is 8.05. The maximum absolute atomic E-state index is 5.86. The lowest BCUT2D eigenvalue weighted by atomic mass is 10.1. The van der Waals surface area contributed by atoms with E-state index in [1.54, 1.807) is 0 Å². The van der Waals surface area contributed by atoms with Crippen LogP contribution in [0.2, 0.25) is 0 Å². The highest BCUT2D eigenvalue weighted by atomic mass is 16.5. The van der Waals surface area contributed by atoms with Crippen LogP contribution in [0.25, 0.3) is 17.0 Å². The number of rotatable bonds is 0. The van der Waals surface area contributed by atoms with Gasteiger partial charge in [0.2, 0.25) is 0 Å². The van der Waals surface area contributed by atoms with Crippen molar-refractivity contribution in [1.82, 2.24) is 4.98 Å². The van der Waals surface area contributed by atoms with Crippen LogP contribution in [-0.2, 0) is 4.74 Å². The Morgan fingerprint density at radius 3 is 3.12 bits per heavy atom. The maximum atomic E-state index is 5.86. The van der Waals surface area contributed by atoms with Gasteiger partial charge in [-0.15, -0.1) is 0 Å². The second kappa shape index (κ2) is 2.70. The van der Waals surface area contributed by atoms with E-state index in [9.17, 15) is 0 Å². The standard InChI is InChI=1S/C13H9NO2/c1-2-9-7-11-10(4-6-15-11)16-13(9)12-8(1)3-5-14-12/h1-5,7,14H,6H2. The van der Waals surface area contributed by atoms with Crippen LogP contribution in [0.1, 0.15) is 5.56 Å². The van der Waals surface area contributed by atoms with Gasteiger partial charge < -0.3 is 14.5 Å². The van der Waals surface area contributed by atoms with Crippen LogP contribution in [0.5, 0.6) is 5.75 Å². The van der Waals surface area contributed by atoms with Crippen molar-refractivity contribution in [3.05, 3.63) is 47.6 Å². The number of benzene rings is 1. The van der Waals surface area contributed by atoms with Gasteiger partial charge in [-0.1, -0.05) is 12.1 Å². The van der Waals surface area contributed by atoms with E-state index in [0.29, 0.717) is 6.61 Å². The number of hydrogen-bond donors (Lipinski definition) is 1. The summed E-state index contributed by atoms with van der Waals surface area (Å²) >= 11 is 0. The van der Waals surface area contributed by atoms with E-state index in [4.69, 9.17) is 9.47 Å². The lowest BCUT2D eigenvalue weighted by molar-refractivity contribution is 0.259. The van der Waals surface area contributed by atoms with Gasteiger partial charge in [0.15, 0.2) is 17.3 Å². The van der Waals surface area contributed by atoms with E-state index < -0.39 is 0 Å². The minimum absolute atomic E-state index is 0.600. The smallest absolute Gasteiger partial charge is 0.168 e. The average molecular weight is 211 g/mol. The van der Waals surface area contributed by atoms with Crippen LogP contribution in [0.15, 0.2) is 42.0 Å². The fraction of sp³-hybridized carbons (Fsp3) is 0.0769. The van der Waals surface area contributed by atoms with Gasteiger partial charge in [-0.3, -0.25) is 0 Å². The zero-order chi connectivity index (χ0) is 10.5. The van der Waals surface area contributed by atoms with E-state index in [2.05, 4.69) is 17.1 Å². The lowest BCUT2D eigenvalue weighted by Gasteiger charge is -2.16. The number of aromatic nitrogens is 1. The summed E-state index contributed by atoms with van der Waals surface area (Å²) < 4.78 is 11.3. The highest BCUT2D eigenvalue weighted by Gasteiger charge is 2.23. The molecule has 2 aliphatic rings. The minimum atomic E-state index is 0.600. The molecule has 2 aromatic rings. The molecule has 2 aliphatic heterocycles. The Kier molecular flexibility index (Phi) is 1.36. The molecule has 16 heavy (non-hydrogen) atoms. The highest BCUT2D eigenvalue weighted by Crippen LogP contribution is 2.38. The van der Waals surface area contributed by atoms with Crippen molar-refractivity contribution in [3.8, 4) is 5.75 Å². The Bertz CT molecular complexity index is 649. The van der Waals surface area contributed by atoms with Gasteiger partial charge in [-0.05, 0) is 18.2 Å². The molecule has 0 unspecified atom stereocenters. The topological polar surface area (TPSA) is 34.2 Å². The molecule has 1 N–H and O–H groups in total. The summed E-state index contributed by atoms with van der Waals surface area (Å²) in [7, 11) is 0. The molecule has 1 aromatic heterocycles. The number of ether oxygens (including phenoxy) is 2. The number of hydrogen-bond acceptors (Lipinski definition) is 2. The van der Waals surface area contributed by atoms with Crippen LogP contribution < -0.4 is 4.74 Å². The molecule has 4 rings (SSSR count). The first-order chi connectivity index (χ1) is 7.92. The third kappa shape index (κ3) is 0.922. The maximum Gasteiger partial charge on any atom is 0.168 e. The Hall–Kier alpha value is -2.16. The van der Waals surface area contributed by atoms with Gasteiger partial charge in [0.05, 0.1) is 5.52 Å². The van der Waals surface area contributed by atoms with Gasteiger partial charge in [-0.25, -0.2) is 0 Å². The van der Waals surface area contributed by atoms with E-state index in [-0.39, 0.29) is 0 Å². The monoisotopic (exact) mass is 211 g/mol. The second-order valence-electron chi connectivity index (χ2n) is 3.92. The molecule has 3 nitrogen and oxygen atoms in total. The predicted molar refractivity (Wildman–Crippen MR) is 60.9 cm³/mol. The summed E-state index contributed by atoms with van der Waals surface area (Å²) in [4.78, 5) is 3.21. The molecule has 3 heterocycles. The van der Waals surface area contributed by atoms with E-state index in [0.717, 1.165) is 33.7 Å². The molecule has 0 spiro atoms. The SMILES string of the molecule is C1=C2OCC=C2Oc2c1ccc1cc[nH]c21. The molecule has 0 saturated heterocycles. The van der Waals surface area contributed by atoms with Crippen molar-refractivity contribution < 1.29 is 9.47 Å². The first-order valence-electron chi connectivity index (χ1n) is 5.25. The third-order valence-corrected chi connectivity index (χ3v) is 2.96. The summed E-state index contributed by atoms with van der Waals surface area (Å²) in [6.45, 7) is 0.600. The summed E-state index contributed by atoms with van der Waals surface area (Å²) in [6, 6.07) is 6.17. The van der Waals surface area contributed by atoms with Gasteiger partial charge in [0, 0.05) is 17.1 Å². The van der Waals surface area contributed by atoms with Crippen molar-refractivity contribution in [2.45, 2.75) is 0 Å². The number of nitrogens with one attached hydrogen (secondary N) is 1. The molecule has 0 fully saturated rings. The summed E-state index contributed by atoms with van der Waals surface area (Å²) in [6.07, 6.45) is 5.90. The van der Waals surface area contributed by atoms with Crippen molar-refractivity contribution in [1.29, 1.82) is 0 Å². The van der Waals surface area contributed by atoms with Gasteiger partial charge >= 0.3 is 0 Å². The van der Waals surface area contributed by atoms with Crippen LogP contribution in [0, 0.1) is 0 Å². The normalized spacial score (nSPS) is 17.0. The van der Waals surface area contributed by atoms with E-state index >= 15 is 0 Å². The molecular weight excluding hydrogens is 202 g/mol. The summed E-state index contributed by atoms with van der Waals surface area (Å²) in [5.74, 6) is 2.55. The summed E-state index contributed by atoms with van der Waals surface area (Å²) in [5.41, 5.74) is 2.10. The second-order valence-corrected chi connectivity index (χ2v) is 3.92. The largest absolute Gasteiger partial charge is 0.485 e. The Labute approximate surface area is 92.0 Å². The molecule has 78 valence electrons. The Morgan fingerprint density at radius 1 is 1.12 bits per heavy atom. The quantitative estimate of drug-likeness (QED) is 0.727. The molecule has 0 bridgehead atoms. The molecule has 0 atom stereocenters. The average Bonchev–Trinajstić information content (AvgIpc) is 2.94. The molecular formula is C13H9NO2. The minimum Gasteiger partial charge on any atom is -0.485 e. The van der Waals surface area contributed by atoms with Crippen molar-refractivity contribution in [2.24, 2.45) is 0 Å².